The molecular formula is C6H10N4O3. The predicted molar refractivity (Wildman–Crippen MR) is 43.0 cm³/mol. The minimum Gasteiger partial charge on any atom is -0.457 e. The van der Waals surface area contributed by atoms with Crippen LogP contribution in [0.4, 0.5) is 5.95 Å². The molecule has 1 rings (SSSR count). The van der Waals surface area contributed by atoms with Crippen molar-refractivity contribution in [2.45, 2.75) is 0 Å². The van der Waals surface area contributed by atoms with Gasteiger partial charge in [-0.2, -0.15) is 4.98 Å². The van der Waals surface area contributed by atoms with Crippen LogP contribution in [0.25, 0.3) is 0 Å². The van der Waals surface area contributed by atoms with Crippen molar-refractivity contribution in [3.63, 3.8) is 0 Å². The van der Waals surface area contributed by atoms with Crippen LogP contribution in [0.3, 0.4) is 0 Å². The van der Waals surface area contributed by atoms with Crippen LogP contribution in [0, 0.1) is 0 Å². The van der Waals surface area contributed by atoms with Crippen molar-refractivity contribution in [2.75, 3.05) is 26.1 Å². The number of anilines is 1. The number of nitrogen functional groups attached to an aromatic ring is 1. The van der Waals surface area contributed by atoms with Gasteiger partial charge >= 0.3 is 5.97 Å². The van der Waals surface area contributed by atoms with E-state index in [0.717, 1.165) is 0 Å². The number of esters is 1. The molecule has 0 spiro atoms. The van der Waals surface area contributed by atoms with E-state index >= 15 is 0 Å². The van der Waals surface area contributed by atoms with Crippen molar-refractivity contribution in [3.05, 3.63) is 5.82 Å². The average molecular weight is 186 g/mol. The first-order valence-corrected chi connectivity index (χ1v) is 3.58. The van der Waals surface area contributed by atoms with E-state index in [-0.39, 0.29) is 18.4 Å². The van der Waals surface area contributed by atoms with E-state index in [9.17, 15) is 4.79 Å². The third kappa shape index (κ3) is 2.71. The number of nitrogens with two attached hydrogens (primary N) is 1. The lowest BCUT2D eigenvalue weighted by Crippen LogP contribution is -2.11. The molecule has 1 aromatic rings. The second-order valence-electron chi connectivity index (χ2n) is 2.17. The average Bonchev–Trinajstić information content (AvgIpc) is 2.52. The molecule has 3 N–H and O–H groups in total. The minimum absolute atomic E-state index is 0.00592. The van der Waals surface area contributed by atoms with Crippen LogP contribution < -0.4 is 5.73 Å². The topological polar surface area (TPSA) is 103 Å². The Bertz CT molecular complexity index is 285. The van der Waals surface area contributed by atoms with Crippen molar-refractivity contribution in [2.24, 2.45) is 0 Å². The van der Waals surface area contributed by atoms with Gasteiger partial charge in [0.25, 0.3) is 0 Å². The standard InChI is InChI=1S/C6H10N4O3/c1-12-2-3-13-5(11)4-8-6(7)10-9-4/h2-3H2,1H3,(H3,7,8,9,10). The van der Waals surface area contributed by atoms with Gasteiger partial charge in [0, 0.05) is 7.11 Å². The molecule has 0 aliphatic carbocycles. The van der Waals surface area contributed by atoms with Gasteiger partial charge in [-0.3, -0.25) is 5.10 Å². The number of H-pyrrole nitrogens is 1. The fourth-order valence-electron chi connectivity index (χ4n) is 0.652. The van der Waals surface area contributed by atoms with Gasteiger partial charge in [0.1, 0.15) is 6.61 Å². The van der Waals surface area contributed by atoms with Crippen LogP contribution >= 0.6 is 0 Å². The summed E-state index contributed by atoms with van der Waals surface area (Å²) in [7, 11) is 1.51. The van der Waals surface area contributed by atoms with Gasteiger partial charge < -0.3 is 15.2 Å². The van der Waals surface area contributed by atoms with Gasteiger partial charge in [0.2, 0.25) is 11.8 Å². The summed E-state index contributed by atoms with van der Waals surface area (Å²) in [5, 5.41) is 5.81. The van der Waals surface area contributed by atoms with Gasteiger partial charge in [-0.1, -0.05) is 0 Å². The molecule has 7 heteroatoms. The number of hydrogen-bond acceptors (Lipinski definition) is 6. The van der Waals surface area contributed by atoms with Gasteiger partial charge in [-0.15, -0.1) is 5.10 Å². The molecule has 0 aliphatic rings. The number of methoxy groups -OCH3 is 1. The molecule has 0 aromatic carbocycles. The predicted octanol–water partition coefficient (Wildman–Crippen LogP) is -0.810. The van der Waals surface area contributed by atoms with E-state index in [0.29, 0.717) is 6.61 Å². The van der Waals surface area contributed by atoms with Crippen LogP contribution in [0.5, 0.6) is 0 Å². The lowest BCUT2D eigenvalue weighted by molar-refractivity contribution is 0.0375. The number of hydrogen-bond donors (Lipinski definition) is 2. The van der Waals surface area contributed by atoms with Crippen molar-refractivity contribution in [1.29, 1.82) is 0 Å². The molecule has 0 aliphatic heterocycles. The van der Waals surface area contributed by atoms with Crippen LogP contribution in [-0.4, -0.2) is 41.5 Å². The van der Waals surface area contributed by atoms with Crippen LogP contribution in [0.1, 0.15) is 10.6 Å². The molecule has 7 nitrogen and oxygen atoms in total. The summed E-state index contributed by atoms with van der Waals surface area (Å²) in [6.45, 7) is 0.519. The molecule has 0 atom stereocenters. The lowest BCUT2D eigenvalue weighted by atomic mass is 10.6. The van der Waals surface area contributed by atoms with E-state index in [4.69, 9.17) is 10.5 Å². The number of nitrogens with one attached hydrogen (secondary N) is 1. The summed E-state index contributed by atoms with van der Waals surface area (Å²) >= 11 is 0. The summed E-state index contributed by atoms with van der Waals surface area (Å²) in [6, 6.07) is 0. The summed E-state index contributed by atoms with van der Waals surface area (Å²) in [6.07, 6.45) is 0. The highest BCUT2D eigenvalue weighted by Gasteiger charge is 2.11. The largest absolute Gasteiger partial charge is 0.457 e. The lowest BCUT2D eigenvalue weighted by Gasteiger charge is -1.99. The summed E-state index contributed by atoms with van der Waals surface area (Å²) in [5.41, 5.74) is 5.19. The molecular weight excluding hydrogens is 176 g/mol. The fraction of sp³-hybridized carbons (Fsp3) is 0.500. The van der Waals surface area contributed by atoms with E-state index in [1.807, 2.05) is 0 Å². The zero-order valence-electron chi connectivity index (χ0n) is 7.11. The highest BCUT2D eigenvalue weighted by atomic mass is 16.6. The van der Waals surface area contributed by atoms with Crippen LogP contribution in [-0.2, 0) is 9.47 Å². The third-order valence-corrected chi connectivity index (χ3v) is 1.22. The maximum absolute atomic E-state index is 11.1. The van der Waals surface area contributed by atoms with Gasteiger partial charge in [-0.25, -0.2) is 4.79 Å². The quantitative estimate of drug-likeness (QED) is 0.471. The van der Waals surface area contributed by atoms with E-state index < -0.39 is 5.97 Å². The van der Waals surface area contributed by atoms with Gasteiger partial charge in [-0.05, 0) is 0 Å². The van der Waals surface area contributed by atoms with E-state index in [1.54, 1.807) is 0 Å². The number of ether oxygens (including phenoxy) is 2. The van der Waals surface area contributed by atoms with E-state index in [2.05, 4.69) is 19.9 Å². The monoisotopic (exact) mass is 186 g/mol. The normalized spacial score (nSPS) is 9.92. The smallest absolute Gasteiger partial charge is 0.376 e. The molecule has 0 radical (unpaired) electrons. The summed E-state index contributed by atoms with van der Waals surface area (Å²) in [4.78, 5) is 14.7. The van der Waals surface area contributed by atoms with Crippen LogP contribution in [0.15, 0.2) is 0 Å². The number of nitrogens with zero attached hydrogens (tertiary/aromatic N) is 2. The molecule has 1 heterocycles. The van der Waals surface area contributed by atoms with Crippen LogP contribution in [0.2, 0.25) is 0 Å². The van der Waals surface area contributed by atoms with Crippen molar-refractivity contribution >= 4 is 11.9 Å². The number of aromatic nitrogens is 3. The molecule has 13 heavy (non-hydrogen) atoms. The first-order chi connectivity index (χ1) is 6.24. The molecule has 0 unspecified atom stereocenters. The van der Waals surface area contributed by atoms with Crippen molar-refractivity contribution < 1.29 is 14.3 Å². The van der Waals surface area contributed by atoms with Gasteiger partial charge in [0.15, 0.2) is 0 Å². The first kappa shape index (κ1) is 9.46. The Hall–Kier alpha value is -1.63. The Morgan fingerprint density at radius 2 is 2.38 bits per heavy atom. The Labute approximate surface area is 74.2 Å². The number of carbonyl (C=O) groups is 1. The first-order valence-electron chi connectivity index (χ1n) is 3.58. The molecule has 72 valence electrons. The second-order valence-corrected chi connectivity index (χ2v) is 2.17. The summed E-state index contributed by atoms with van der Waals surface area (Å²) < 4.78 is 9.41. The van der Waals surface area contributed by atoms with Crippen molar-refractivity contribution in [1.82, 2.24) is 15.2 Å². The zero-order chi connectivity index (χ0) is 9.68. The fourth-order valence-corrected chi connectivity index (χ4v) is 0.652. The molecule has 0 saturated carbocycles. The highest BCUT2D eigenvalue weighted by molar-refractivity contribution is 5.85. The molecule has 0 amide bonds. The second kappa shape index (κ2) is 4.41. The maximum Gasteiger partial charge on any atom is 0.376 e. The molecule has 0 saturated heterocycles. The summed E-state index contributed by atoms with van der Waals surface area (Å²) in [5.74, 6) is -0.589. The maximum atomic E-state index is 11.1. The van der Waals surface area contributed by atoms with Crippen molar-refractivity contribution in [3.8, 4) is 0 Å². The minimum atomic E-state index is -0.596. The third-order valence-electron chi connectivity index (χ3n) is 1.22. The highest BCUT2D eigenvalue weighted by Crippen LogP contribution is 1.95. The van der Waals surface area contributed by atoms with E-state index in [1.165, 1.54) is 7.11 Å². The van der Waals surface area contributed by atoms with Gasteiger partial charge in [0.05, 0.1) is 6.61 Å². The SMILES string of the molecule is COCCOC(=O)c1nc(N)n[nH]1. The molecule has 1 aromatic heterocycles. The number of aromatic amines is 1. The number of rotatable bonds is 4. The number of carbonyl (C=O) groups excluding carboxylic acids is 1. The zero-order valence-corrected chi connectivity index (χ0v) is 7.11. The Morgan fingerprint density at radius 3 is 2.92 bits per heavy atom. The Kier molecular flexibility index (Phi) is 3.21. The Morgan fingerprint density at radius 1 is 1.62 bits per heavy atom. The molecule has 0 fully saturated rings. The molecule has 0 bridgehead atoms. The Balaban J connectivity index is 2.40.